The zero-order valence-electron chi connectivity index (χ0n) is 6.81. The molecule has 0 fully saturated rings. The second-order valence-electron chi connectivity index (χ2n) is 2.51. The Hall–Kier alpha value is -1.14. The van der Waals surface area contributed by atoms with Gasteiger partial charge in [-0.25, -0.2) is 4.98 Å². The maximum absolute atomic E-state index is 10.5. The van der Waals surface area contributed by atoms with Crippen molar-refractivity contribution >= 4 is 34.9 Å². The monoisotopic (exact) mass is 235 g/mol. The van der Waals surface area contributed by atoms with E-state index in [1.54, 1.807) is 0 Å². The molecule has 7 heteroatoms. The number of thiazole rings is 1. The minimum Gasteiger partial charge on any atom is -0.481 e. The molecule has 0 unspecified atom stereocenters. The molecule has 0 saturated heterocycles. The highest BCUT2D eigenvalue weighted by Gasteiger charge is 2.26. The lowest BCUT2D eigenvalue weighted by Crippen LogP contribution is -2.25. The Labute approximate surface area is 88.0 Å². The Kier molecular flexibility index (Phi) is 3.43. The largest absolute Gasteiger partial charge is 0.481 e. The Bertz CT molecular complexity index is 350. The third-order valence-corrected chi connectivity index (χ3v) is 2.66. The molecule has 0 bridgehead atoms. The van der Waals surface area contributed by atoms with Gasteiger partial charge in [0.1, 0.15) is 0 Å². The van der Waals surface area contributed by atoms with Crippen molar-refractivity contribution in [1.82, 2.24) is 4.98 Å². The fourth-order valence-corrected chi connectivity index (χ4v) is 1.88. The fraction of sp³-hybridized carbons (Fsp3) is 0.286. The summed E-state index contributed by atoms with van der Waals surface area (Å²) >= 11 is 6.59. The van der Waals surface area contributed by atoms with Gasteiger partial charge in [0.25, 0.3) is 0 Å². The van der Waals surface area contributed by atoms with E-state index in [-0.39, 0.29) is 10.9 Å². The van der Waals surface area contributed by atoms with Gasteiger partial charge in [0.2, 0.25) is 0 Å². The number of aromatic nitrogens is 1. The van der Waals surface area contributed by atoms with Gasteiger partial charge < -0.3 is 10.2 Å². The number of rotatable bonds is 4. The van der Waals surface area contributed by atoms with Crippen molar-refractivity contribution in [2.24, 2.45) is 5.92 Å². The summed E-state index contributed by atoms with van der Waals surface area (Å²) in [5, 5.41) is 17.2. The summed E-state index contributed by atoms with van der Waals surface area (Å²) in [7, 11) is 0. The molecular weight excluding hydrogens is 230 g/mol. The van der Waals surface area contributed by atoms with Crippen molar-refractivity contribution in [2.45, 2.75) is 6.42 Å². The zero-order valence-corrected chi connectivity index (χ0v) is 8.38. The van der Waals surface area contributed by atoms with Gasteiger partial charge in [0, 0.05) is 17.5 Å². The average Bonchev–Trinajstić information content (AvgIpc) is 2.46. The predicted octanol–water partition coefficient (Wildman–Crippen LogP) is 1.12. The van der Waals surface area contributed by atoms with E-state index in [1.807, 2.05) is 0 Å². The van der Waals surface area contributed by atoms with Crippen molar-refractivity contribution in [3.05, 3.63) is 15.5 Å². The summed E-state index contributed by atoms with van der Waals surface area (Å²) in [6, 6.07) is 0. The van der Waals surface area contributed by atoms with Crippen molar-refractivity contribution in [2.75, 3.05) is 0 Å². The normalized spacial score (nSPS) is 10.4. The molecule has 1 aromatic rings. The summed E-state index contributed by atoms with van der Waals surface area (Å²) in [5.41, 5.74) is 0. The summed E-state index contributed by atoms with van der Waals surface area (Å²) < 4.78 is 0.273. The Morgan fingerprint density at radius 2 is 2.07 bits per heavy atom. The summed E-state index contributed by atoms with van der Waals surface area (Å²) in [6.45, 7) is 0. The first kappa shape index (κ1) is 10.9. The van der Waals surface area contributed by atoms with E-state index in [2.05, 4.69) is 4.98 Å². The summed E-state index contributed by atoms with van der Waals surface area (Å²) in [6.07, 6.45) is 1.29. The van der Waals surface area contributed by atoms with Crippen molar-refractivity contribution in [3.8, 4) is 0 Å². The second kappa shape index (κ2) is 4.39. The number of nitrogens with zero attached hydrogens (tertiary/aromatic N) is 1. The molecule has 0 atom stereocenters. The van der Waals surface area contributed by atoms with Gasteiger partial charge in [-0.05, 0) is 0 Å². The number of carboxylic acids is 2. The Morgan fingerprint density at radius 1 is 1.50 bits per heavy atom. The van der Waals surface area contributed by atoms with Crippen LogP contribution in [0, 0.1) is 5.92 Å². The van der Waals surface area contributed by atoms with Crippen LogP contribution in [0.1, 0.15) is 4.88 Å². The van der Waals surface area contributed by atoms with Crippen LogP contribution in [0.5, 0.6) is 0 Å². The van der Waals surface area contributed by atoms with E-state index in [0.717, 1.165) is 11.3 Å². The molecule has 1 aromatic heterocycles. The SMILES string of the molecule is O=C(O)C(Cc1cnc(Cl)s1)C(=O)O. The zero-order chi connectivity index (χ0) is 10.7. The van der Waals surface area contributed by atoms with E-state index in [9.17, 15) is 9.59 Å². The lowest BCUT2D eigenvalue weighted by molar-refractivity contribution is -0.154. The number of hydrogen-bond acceptors (Lipinski definition) is 4. The van der Waals surface area contributed by atoms with Gasteiger partial charge in [-0.2, -0.15) is 0 Å². The van der Waals surface area contributed by atoms with E-state index in [1.165, 1.54) is 6.20 Å². The molecule has 0 aromatic carbocycles. The molecule has 0 amide bonds. The lowest BCUT2D eigenvalue weighted by Gasteiger charge is -2.03. The highest BCUT2D eigenvalue weighted by molar-refractivity contribution is 7.15. The van der Waals surface area contributed by atoms with Gasteiger partial charge in [0.15, 0.2) is 10.4 Å². The van der Waals surface area contributed by atoms with Crippen molar-refractivity contribution in [1.29, 1.82) is 0 Å². The van der Waals surface area contributed by atoms with E-state index in [4.69, 9.17) is 21.8 Å². The van der Waals surface area contributed by atoms with Crippen molar-refractivity contribution < 1.29 is 19.8 Å². The second-order valence-corrected chi connectivity index (χ2v) is 4.21. The first-order valence-electron chi connectivity index (χ1n) is 3.56. The molecule has 0 saturated carbocycles. The molecular formula is C7H6ClNO4S. The van der Waals surface area contributed by atoms with Gasteiger partial charge in [-0.1, -0.05) is 11.6 Å². The topological polar surface area (TPSA) is 87.5 Å². The molecule has 76 valence electrons. The van der Waals surface area contributed by atoms with Crippen molar-refractivity contribution in [3.63, 3.8) is 0 Å². The van der Waals surface area contributed by atoms with Crippen LogP contribution in [-0.2, 0) is 16.0 Å². The quantitative estimate of drug-likeness (QED) is 0.764. The third kappa shape index (κ3) is 2.68. The first-order chi connectivity index (χ1) is 6.50. The smallest absolute Gasteiger partial charge is 0.318 e. The molecule has 14 heavy (non-hydrogen) atoms. The van der Waals surface area contributed by atoms with E-state index < -0.39 is 17.9 Å². The van der Waals surface area contributed by atoms with Gasteiger partial charge in [0.05, 0.1) is 0 Å². The predicted molar refractivity (Wildman–Crippen MR) is 49.6 cm³/mol. The molecule has 0 aliphatic carbocycles. The third-order valence-electron chi connectivity index (χ3n) is 1.53. The van der Waals surface area contributed by atoms with Gasteiger partial charge in [-0.15, -0.1) is 11.3 Å². The fourth-order valence-electron chi connectivity index (χ4n) is 0.859. The number of carbonyl (C=O) groups is 2. The standard InChI is InChI=1S/C7H6ClNO4S/c8-7-9-2-3(14-7)1-4(5(10)11)6(12)13/h2,4H,1H2,(H,10,11)(H,12,13). The van der Waals surface area contributed by atoms with Crippen LogP contribution < -0.4 is 0 Å². The summed E-state index contributed by atoms with van der Waals surface area (Å²) in [4.78, 5) is 25.3. The van der Waals surface area contributed by atoms with Crippen LogP contribution in [-0.4, -0.2) is 27.1 Å². The van der Waals surface area contributed by atoms with Crippen LogP contribution in [0.15, 0.2) is 6.20 Å². The average molecular weight is 236 g/mol. The maximum Gasteiger partial charge on any atom is 0.318 e. The molecule has 0 radical (unpaired) electrons. The first-order valence-corrected chi connectivity index (χ1v) is 4.76. The lowest BCUT2D eigenvalue weighted by atomic mass is 10.1. The number of hydrogen-bond donors (Lipinski definition) is 2. The molecule has 1 heterocycles. The highest BCUT2D eigenvalue weighted by Crippen LogP contribution is 2.21. The minimum atomic E-state index is -1.44. The molecule has 0 spiro atoms. The van der Waals surface area contributed by atoms with Crippen LogP contribution >= 0.6 is 22.9 Å². The van der Waals surface area contributed by atoms with Crippen LogP contribution in [0.4, 0.5) is 0 Å². The van der Waals surface area contributed by atoms with E-state index in [0.29, 0.717) is 4.88 Å². The number of aliphatic carboxylic acids is 2. The number of carboxylic acid groups (broad SMARTS) is 2. The molecule has 1 rings (SSSR count). The molecule has 2 N–H and O–H groups in total. The molecule has 5 nitrogen and oxygen atoms in total. The Morgan fingerprint density at radius 3 is 2.43 bits per heavy atom. The maximum atomic E-state index is 10.5. The Balaban J connectivity index is 2.74. The van der Waals surface area contributed by atoms with Crippen LogP contribution in [0.25, 0.3) is 0 Å². The molecule has 0 aliphatic rings. The highest BCUT2D eigenvalue weighted by atomic mass is 35.5. The molecule has 0 aliphatic heterocycles. The summed E-state index contributed by atoms with van der Waals surface area (Å²) in [5.74, 6) is -4.16. The minimum absolute atomic E-state index is 0.0882. The van der Waals surface area contributed by atoms with Crippen LogP contribution in [0.3, 0.4) is 0 Å². The van der Waals surface area contributed by atoms with Crippen LogP contribution in [0.2, 0.25) is 4.47 Å². The van der Waals surface area contributed by atoms with Gasteiger partial charge in [-0.3, -0.25) is 9.59 Å². The number of halogens is 1. The van der Waals surface area contributed by atoms with Gasteiger partial charge >= 0.3 is 11.9 Å². The van der Waals surface area contributed by atoms with E-state index >= 15 is 0 Å².